The van der Waals surface area contributed by atoms with Crippen LogP contribution in [0.15, 0.2) is 18.2 Å². The van der Waals surface area contributed by atoms with E-state index in [-0.39, 0.29) is 11.8 Å². The molecular formula is C13H19FN2O2. The van der Waals surface area contributed by atoms with Gasteiger partial charge in [0.1, 0.15) is 0 Å². The van der Waals surface area contributed by atoms with E-state index in [1.165, 1.54) is 19.2 Å². The van der Waals surface area contributed by atoms with Crippen molar-refractivity contribution in [2.75, 3.05) is 19.0 Å². The van der Waals surface area contributed by atoms with Gasteiger partial charge in [0.2, 0.25) is 0 Å². The van der Waals surface area contributed by atoms with Crippen LogP contribution in [-0.4, -0.2) is 19.7 Å². The highest BCUT2D eigenvalue weighted by Crippen LogP contribution is 2.20. The van der Waals surface area contributed by atoms with Crippen molar-refractivity contribution in [3.63, 3.8) is 0 Å². The lowest BCUT2D eigenvalue weighted by Gasteiger charge is -2.08. The average Bonchev–Trinajstić information content (AvgIpc) is 2.35. The minimum atomic E-state index is -0.499. The molecule has 0 saturated carbocycles. The number of benzene rings is 1. The van der Waals surface area contributed by atoms with E-state index in [1.54, 1.807) is 6.07 Å². The van der Waals surface area contributed by atoms with Crippen LogP contribution in [0.4, 0.5) is 14.9 Å². The number of methoxy groups -OCH3 is 1. The molecule has 0 unspecified atom stereocenters. The summed E-state index contributed by atoms with van der Waals surface area (Å²) in [6, 6.07) is 3.97. The van der Waals surface area contributed by atoms with Crippen LogP contribution < -0.4 is 15.4 Å². The van der Waals surface area contributed by atoms with Crippen LogP contribution in [0, 0.1) is 5.82 Å². The Labute approximate surface area is 107 Å². The van der Waals surface area contributed by atoms with Crippen LogP contribution >= 0.6 is 0 Å². The third-order valence-corrected chi connectivity index (χ3v) is 2.48. The number of halogens is 1. The Morgan fingerprint density at radius 2 is 2.17 bits per heavy atom. The van der Waals surface area contributed by atoms with Crippen molar-refractivity contribution < 1.29 is 13.9 Å². The van der Waals surface area contributed by atoms with Crippen LogP contribution in [0.25, 0.3) is 0 Å². The lowest BCUT2D eigenvalue weighted by atomic mass is 10.2. The van der Waals surface area contributed by atoms with Gasteiger partial charge in [0.15, 0.2) is 11.6 Å². The zero-order valence-corrected chi connectivity index (χ0v) is 10.8. The molecule has 0 aliphatic heterocycles. The fraction of sp³-hybridized carbons (Fsp3) is 0.462. The summed E-state index contributed by atoms with van der Waals surface area (Å²) in [6.07, 6.45) is 3.13. The summed E-state index contributed by atoms with van der Waals surface area (Å²) < 4.78 is 18.1. The number of carbonyl (C=O) groups excluding carboxylic acids is 1. The van der Waals surface area contributed by atoms with Crippen LogP contribution in [0.5, 0.6) is 5.75 Å². The van der Waals surface area contributed by atoms with Gasteiger partial charge in [-0.3, -0.25) is 0 Å². The molecule has 0 atom stereocenters. The molecule has 0 radical (unpaired) electrons. The maximum atomic E-state index is 13.4. The Hall–Kier alpha value is -1.78. The molecule has 18 heavy (non-hydrogen) atoms. The smallest absolute Gasteiger partial charge is 0.319 e. The van der Waals surface area contributed by atoms with Gasteiger partial charge in [-0.1, -0.05) is 19.8 Å². The second kappa shape index (κ2) is 7.53. The van der Waals surface area contributed by atoms with Crippen molar-refractivity contribution in [1.29, 1.82) is 0 Å². The predicted octanol–water partition coefficient (Wildman–Crippen LogP) is 3.15. The summed E-state index contributed by atoms with van der Waals surface area (Å²) in [5, 5.41) is 5.28. The number of unbranched alkanes of at least 4 members (excludes halogenated alkanes) is 2. The first kappa shape index (κ1) is 14.3. The van der Waals surface area contributed by atoms with Gasteiger partial charge in [-0.15, -0.1) is 0 Å². The quantitative estimate of drug-likeness (QED) is 0.766. The van der Waals surface area contributed by atoms with Gasteiger partial charge in [0.25, 0.3) is 0 Å². The van der Waals surface area contributed by atoms with Crippen molar-refractivity contribution in [2.24, 2.45) is 0 Å². The molecule has 2 N–H and O–H groups in total. The van der Waals surface area contributed by atoms with Gasteiger partial charge in [-0.05, 0) is 18.6 Å². The first-order chi connectivity index (χ1) is 8.67. The van der Waals surface area contributed by atoms with E-state index in [4.69, 9.17) is 4.74 Å². The minimum Gasteiger partial charge on any atom is -0.494 e. The molecule has 2 amide bonds. The molecule has 0 fully saturated rings. The number of hydrogen-bond donors (Lipinski definition) is 2. The molecule has 0 aliphatic carbocycles. The number of nitrogens with one attached hydrogen (secondary N) is 2. The Morgan fingerprint density at radius 1 is 1.39 bits per heavy atom. The zero-order valence-electron chi connectivity index (χ0n) is 10.8. The van der Waals surface area contributed by atoms with E-state index in [0.717, 1.165) is 19.3 Å². The molecule has 100 valence electrons. The number of anilines is 1. The summed E-state index contributed by atoms with van der Waals surface area (Å²) in [7, 11) is 1.39. The standard InChI is InChI=1S/C13H19FN2O2/c1-3-4-5-8-15-13(17)16-10-6-7-12(18-2)11(14)9-10/h6-7,9H,3-5,8H2,1-2H3,(H2,15,16,17). The van der Waals surface area contributed by atoms with Crippen LogP contribution in [0.1, 0.15) is 26.2 Å². The summed E-state index contributed by atoms with van der Waals surface area (Å²) in [5.74, 6) is -0.342. The number of amides is 2. The fourth-order valence-corrected chi connectivity index (χ4v) is 1.50. The number of ether oxygens (including phenoxy) is 1. The third-order valence-electron chi connectivity index (χ3n) is 2.48. The van der Waals surface area contributed by atoms with E-state index in [1.807, 2.05) is 0 Å². The zero-order chi connectivity index (χ0) is 13.4. The predicted molar refractivity (Wildman–Crippen MR) is 69.5 cm³/mol. The molecule has 1 aromatic carbocycles. The van der Waals surface area contributed by atoms with Crippen molar-refractivity contribution in [3.05, 3.63) is 24.0 Å². The van der Waals surface area contributed by atoms with Crippen LogP contribution in [0.2, 0.25) is 0 Å². The van der Waals surface area contributed by atoms with Gasteiger partial charge in [0, 0.05) is 18.3 Å². The van der Waals surface area contributed by atoms with E-state index in [9.17, 15) is 9.18 Å². The van der Waals surface area contributed by atoms with Crippen molar-refractivity contribution in [2.45, 2.75) is 26.2 Å². The number of hydrogen-bond acceptors (Lipinski definition) is 2. The monoisotopic (exact) mass is 254 g/mol. The Balaban J connectivity index is 2.42. The lowest BCUT2D eigenvalue weighted by molar-refractivity contribution is 0.252. The fourth-order valence-electron chi connectivity index (χ4n) is 1.50. The van der Waals surface area contributed by atoms with Gasteiger partial charge in [-0.2, -0.15) is 0 Å². The molecular weight excluding hydrogens is 235 g/mol. The first-order valence-electron chi connectivity index (χ1n) is 6.05. The Bertz CT molecular complexity index is 397. The second-order valence-electron chi connectivity index (χ2n) is 3.94. The largest absolute Gasteiger partial charge is 0.494 e. The Morgan fingerprint density at radius 3 is 2.78 bits per heavy atom. The maximum absolute atomic E-state index is 13.4. The highest BCUT2D eigenvalue weighted by Gasteiger charge is 2.05. The van der Waals surface area contributed by atoms with Gasteiger partial charge >= 0.3 is 6.03 Å². The van der Waals surface area contributed by atoms with Crippen LogP contribution in [-0.2, 0) is 0 Å². The van der Waals surface area contributed by atoms with E-state index < -0.39 is 5.82 Å². The number of carbonyl (C=O) groups is 1. The molecule has 1 rings (SSSR count). The molecule has 0 bridgehead atoms. The molecule has 0 aromatic heterocycles. The minimum absolute atomic E-state index is 0.156. The Kier molecular flexibility index (Phi) is 5.97. The topological polar surface area (TPSA) is 50.4 Å². The first-order valence-corrected chi connectivity index (χ1v) is 6.05. The van der Waals surface area contributed by atoms with Crippen LogP contribution in [0.3, 0.4) is 0 Å². The number of rotatable bonds is 6. The molecule has 0 heterocycles. The highest BCUT2D eigenvalue weighted by atomic mass is 19.1. The molecule has 0 spiro atoms. The molecule has 1 aromatic rings. The number of urea groups is 1. The molecule has 4 nitrogen and oxygen atoms in total. The maximum Gasteiger partial charge on any atom is 0.319 e. The third kappa shape index (κ3) is 4.61. The second-order valence-corrected chi connectivity index (χ2v) is 3.94. The highest BCUT2D eigenvalue weighted by molar-refractivity contribution is 5.89. The molecule has 0 saturated heterocycles. The van der Waals surface area contributed by atoms with E-state index in [0.29, 0.717) is 12.2 Å². The molecule has 0 aliphatic rings. The van der Waals surface area contributed by atoms with Gasteiger partial charge in [0.05, 0.1) is 7.11 Å². The normalized spacial score (nSPS) is 9.94. The summed E-state index contributed by atoms with van der Waals surface area (Å²) in [6.45, 7) is 2.72. The lowest BCUT2D eigenvalue weighted by Crippen LogP contribution is -2.29. The van der Waals surface area contributed by atoms with Crippen molar-refractivity contribution in [1.82, 2.24) is 5.32 Å². The van der Waals surface area contributed by atoms with Gasteiger partial charge in [-0.25, -0.2) is 9.18 Å². The summed E-state index contributed by atoms with van der Waals surface area (Å²) >= 11 is 0. The summed E-state index contributed by atoms with van der Waals surface area (Å²) in [5.41, 5.74) is 0.404. The SMILES string of the molecule is CCCCCNC(=O)Nc1ccc(OC)c(F)c1. The van der Waals surface area contributed by atoms with E-state index in [2.05, 4.69) is 17.6 Å². The van der Waals surface area contributed by atoms with Crippen molar-refractivity contribution >= 4 is 11.7 Å². The average molecular weight is 254 g/mol. The summed E-state index contributed by atoms with van der Waals surface area (Å²) in [4.78, 5) is 11.5. The van der Waals surface area contributed by atoms with Gasteiger partial charge < -0.3 is 15.4 Å². The molecule has 5 heteroatoms. The van der Waals surface area contributed by atoms with Crippen molar-refractivity contribution in [3.8, 4) is 5.75 Å². The van der Waals surface area contributed by atoms with E-state index >= 15 is 0 Å².